The summed E-state index contributed by atoms with van der Waals surface area (Å²) in [4.78, 5) is 20.3. The average molecular weight is 536 g/mol. The van der Waals surface area contributed by atoms with Crippen molar-refractivity contribution in [2.24, 2.45) is 11.3 Å². The number of hydrogen-bond acceptors (Lipinski definition) is 5. The molecule has 1 aromatic heterocycles. The van der Waals surface area contributed by atoms with Gasteiger partial charge < -0.3 is 19.6 Å². The molecule has 1 atom stereocenters. The van der Waals surface area contributed by atoms with Gasteiger partial charge in [0, 0.05) is 30.8 Å². The summed E-state index contributed by atoms with van der Waals surface area (Å²) in [5.74, 6) is -0.0648. The monoisotopic (exact) mass is 535 g/mol. The lowest BCUT2D eigenvalue weighted by atomic mass is 9.67. The van der Waals surface area contributed by atoms with Gasteiger partial charge in [0.05, 0.1) is 30.0 Å². The topological polar surface area (TPSA) is 65.9 Å². The first kappa shape index (κ1) is 26.9. The molecule has 2 aliphatic heterocycles. The molecule has 206 valence electrons. The van der Waals surface area contributed by atoms with Crippen molar-refractivity contribution in [2.45, 2.75) is 50.8 Å². The summed E-state index contributed by atoms with van der Waals surface area (Å²) in [6.45, 7) is 2.53. The Bertz CT molecular complexity index is 1130. The van der Waals surface area contributed by atoms with Gasteiger partial charge in [0.25, 0.3) is 5.91 Å². The van der Waals surface area contributed by atoms with Crippen LogP contribution in [-0.2, 0) is 0 Å². The Hall–Kier alpha value is -2.72. The molecule has 3 heterocycles. The molecule has 0 bridgehead atoms. The summed E-state index contributed by atoms with van der Waals surface area (Å²) in [5.41, 5.74) is -0.609. The lowest BCUT2D eigenvalue weighted by Crippen LogP contribution is -2.53. The van der Waals surface area contributed by atoms with E-state index in [0.29, 0.717) is 50.5 Å². The smallest absolute Gasteiger partial charge is 0.395 e. The summed E-state index contributed by atoms with van der Waals surface area (Å²) in [6.07, 6.45) is 0.0620. The average Bonchev–Trinajstić information content (AvgIpc) is 3.31. The van der Waals surface area contributed by atoms with E-state index in [1.165, 1.54) is 23.2 Å². The highest BCUT2D eigenvalue weighted by Crippen LogP contribution is 2.53. The Morgan fingerprint density at radius 1 is 1.11 bits per heavy atom. The molecule has 6 nitrogen and oxygen atoms in total. The van der Waals surface area contributed by atoms with Crippen molar-refractivity contribution in [3.63, 3.8) is 0 Å². The van der Waals surface area contributed by atoms with Crippen LogP contribution in [-0.4, -0.2) is 77.4 Å². The molecule has 0 unspecified atom stereocenters. The summed E-state index contributed by atoms with van der Waals surface area (Å²) in [5, 5.41) is 9.64. The first-order valence-electron chi connectivity index (χ1n) is 13.3. The molecular weight excluding hydrogens is 502 g/mol. The molecule has 1 saturated carbocycles. The number of aromatic nitrogens is 1. The minimum Gasteiger partial charge on any atom is -0.492 e. The molecule has 2 aromatic rings. The standard InChI is InChI=1S/C28H33F4N3O3/c29-24-14-20(26(37)35-13-8-21(36)16-35)2-4-23(24)25-5-3-22(15-33-25)38-17-19-6-11-34(12-7-19)18-27(9-1-10-27)28(30,31)32/h2-5,14-15,19,21,36H,1,6-13,16-18H2/t21-/m1/s1. The van der Waals surface area contributed by atoms with Crippen molar-refractivity contribution >= 4 is 5.91 Å². The van der Waals surface area contributed by atoms with Crippen LogP contribution in [0.2, 0.25) is 0 Å². The third-order valence-electron chi connectivity index (χ3n) is 8.31. The van der Waals surface area contributed by atoms with Crippen molar-refractivity contribution in [3.05, 3.63) is 47.9 Å². The molecule has 2 saturated heterocycles. The molecule has 3 aliphatic rings. The number of β-amino-alcohol motifs (C(OH)–C–C–N with tert-alkyl or cyclic N) is 1. The quantitative estimate of drug-likeness (QED) is 0.510. The fourth-order valence-electron chi connectivity index (χ4n) is 5.68. The molecule has 3 fully saturated rings. The van der Waals surface area contributed by atoms with Gasteiger partial charge in [-0.25, -0.2) is 4.39 Å². The zero-order valence-corrected chi connectivity index (χ0v) is 21.2. The van der Waals surface area contributed by atoms with Crippen molar-refractivity contribution in [1.82, 2.24) is 14.8 Å². The molecular formula is C28H33F4N3O3. The van der Waals surface area contributed by atoms with Gasteiger partial charge in [-0.2, -0.15) is 13.2 Å². The molecule has 38 heavy (non-hydrogen) atoms. The summed E-state index contributed by atoms with van der Waals surface area (Å²) < 4.78 is 61.1. The number of aliphatic hydroxyl groups is 1. The van der Waals surface area contributed by atoms with Crippen LogP contribution in [0.4, 0.5) is 17.6 Å². The molecule has 1 aromatic carbocycles. The van der Waals surface area contributed by atoms with E-state index < -0.39 is 23.5 Å². The van der Waals surface area contributed by atoms with Crippen LogP contribution in [0.1, 0.15) is 48.9 Å². The fourth-order valence-corrected chi connectivity index (χ4v) is 5.68. The third kappa shape index (κ3) is 5.66. The number of pyridine rings is 1. The predicted octanol–water partition coefficient (Wildman–Crippen LogP) is 4.92. The Morgan fingerprint density at radius 3 is 2.42 bits per heavy atom. The van der Waals surface area contributed by atoms with Gasteiger partial charge in [-0.05, 0) is 81.4 Å². The first-order chi connectivity index (χ1) is 18.1. The lowest BCUT2D eigenvalue weighted by Gasteiger charge is -2.47. The van der Waals surface area contributed by atoms with Gasteiger partial charge in [0.2, 0.25) is 0 Å². The maximum Gasteiger partial charge on any atom is 0.395 e. The van der Waals surface area contributed by atoms with Crippen molar-refractivity contribution in [2.75, 3.05) is 39.3 Å². The van der Waals surface area contributed by atoms with E-state index in [2.05, 4.69) is 4.98 Å². The Morgan fingerprint density at radius 2 is 1.87 bits per heavy atom. The number of benzene rings is 1. The van der Waals surface area contributed by atoms with E-state index in [4.69, 9.17) is 4.74 Å². The van der Waals surface area contributed by atoms with Crippen molar-refractivity contribution in [3.8, 4) is 17.0 Å². The number of amides is 1. The maximum atomic E-state index is 14.8. The summed E-state index contributed by atoms with van der Waals surface area (Å²) >= 11 is 0. The van der Waals surface area contributed by atoms with Gasteiger partial charge in [-0.1, -0.05) is 6.42 Å². The number of carbonyl (C=O) groups excluding carboxylic acids is 1. The van der Waals surface area contributed by atoms with Gasteiger partial charge in [-0.15, -0.1) is 0 Å². The zero-order chi connectivity index (χ0) is 26.9. The number of nitrogens with zero attached hydrogens (tertiary/aromatic N) is 3. The number of aliphatic hydroxyl groups excluding tert-OH is 1. The minimum absolute atomic E-state index is 0.0997. The van der Waals surface area contributed by atoms with Gasteiger partial charge in [-0.3, -0.25) is 9.78 Å². The summed E-state index contributed by atoms with van der Waals surface area (Å²) in [7, 11) is 0. The SMILES string of the molecule is O=C(c1ccc(-c2ccc(OCC3CCN(CC4(C(F)(F)F)CCC4)CC3)cn2)c(F)c1)N1CC[C@@H](O)C1. The fraction of sp³-hybridized carbons (Fsp3) is 0.571. The van der Waals surface area contributed by atoms with E-state index in [1.807, 2.05) is 4.90 Å². The second-order valence-corrected chi connectivity index (χ2v) is 10.9. The van der Waals surface area contributed by atoms with Crippen LogP contribution in [0, 0.1) is 17.2 Å². The Labute approximate surface area is 219 Å². The number of alkyl halides is 3. The van der Waals surface area contributed by atoms with Gasteiger partial charge in [0.1, 0.15) is 11.6 Å². The number of likely N-dealkylation sites (tertiary alicyclic amines) is 2. The minimum atomic E-state index is -4.13. The molecule has 1 amide bonds. The number of rotatable bonds is 7. The van der Waals surface area contributed by atoms with Crippen LogP contribution >= 0.6 is 0 Å². The first-order valence-corrected chi connectivity index (χ1v) is 13.3. The largest absolute Gasteiger partial charge is 0.492 e. The van der Waals surface area contributed by atoms with Crippen LogP contribution in [0.15, 0.2) is 36.5 Å². The number of carbonyl (C=O) groups is 1. The molecule has 0 spiro atoms. The third-order valence-corrected chi connectivity index (χ3v) is 8.31. The number of ether oxygens (including phenoxy) is 1. The van der Waals surface area contributed by atoms with Crippen molar-refractivity contribution in [1.29, 1.82) is 0 Å². The van der Waals surface area contributed by atoms with Crippen LogP contribution in [0.5, 0.6) is 5.75 Å². The predicted molar refractivity (Wildman–Crippen MR) is 133 cm³/mol. The van der Waals surface area contributed by atoms with Gasteiger partial charge in [0.15, 0.2) is 0 Å². The van der Waals surface area contributed by atoms with Crippen LogP contribution in [0.3, 0.4) is 0 Å². The second-order valence-electron chi connectivity index (χ2n) is 10.9. The van der Waals surface area contributed by atoms with E-state index in [-0.39, 0.29) is 48.9 Å². The normalized spacial score (nSPS) is 22.3. The van der Waals surface area contributed by atoms with E-state index in [1.54, 1.807) is 18.2 Å². The van der Waals surface area contributed by atoms with E-state index in [0.717, 1.165) is 12.8 Å². The van der Waals surface area contributed by atoms with Crippen LogP contribution < -0.4 is 4.74 Å². The van der Waals surface area contributed by atoms with E-state index in [9.17, 15) is 27.5 Å². The molecule has 1 aliphatic carbocycles. The molecule has 10 heteroatoms. The van der Waals surface area contributed by atoms with Gasteiger partial charge >= 0.3 is 6.18 Å². The Balaban J connectivity index is 1.11. The second kappa shape index (κ2) is 10.8. The lowest BCUT2D eigenvalue weighted by molar-refractivity contribution is -0.256. The zero-order valence-electron chi connectivity index (χ0n) is 21.2. The number of hydrogen-bond donors (Lipinski definition) is 1. The maximum absolute atomic E-state index is 14.8. The highest BCUT2D eigenvalue weighted by atomic mass is 19.4. The molecule has 0 radical (unpaired) electrons. The van der Waals surface area contributed by atoms with E-state index >= 15 is 0 Å². The summed E-state index contributed by atoms with van der Waals surface area (Å²) in [6, 6.07) is 7.65. The number of halogens is 4. The number of piperidine rings is 1. The van der Waals surface area contributed by atoms with Crippen molar-refractivity contribution < 1.29 is 32.2 Å². The highest BCUT2D eigenvalue weighted by Gasteiger charge is 2.58. The Kier molecular flexibility index (Phi) is 7.64. The highest BCUT2D eigenvalue weighted by molar-refractivity contribution is 5.95. The molecule has 5 rings (SSSR count). The van der Waals surface area contributed by atoms with Crippen LogP contribution in [0.25, 0.3) is 11.3 Å². The molecule has 1 N–H and O–H groups in total.